The minimum atomic E-state index is -0.0995. The van der Waals surface area contributed by atoms with Crippen molar-refractivity contribution >= 4 is 28.3 Å². The number of nitrogens with zero attached hydrogens (tertiary/aromatic N) is 1. The number of rotatable bonds is 6. The van der Waals surface area contributed by atoms with Crippen LogP contribution in [0.5, 0.6) is 0 Å². The lowest BCUT2D eigenvalue weighted by molar-refractivity contribution is -0.121. The summed E-state index contributed by atoms with van der Waals surface area (Å²) < 4.78 is 0. The van der Waals surface area contributed by atoms with Gasteiger partial charge in [-0.05, 0) is 18.4 Å². The van der Waals surface area contributed by atoms with E-state index in [9.17, 15) is 9.59 Å². The fourth-order valence-electron chi connectivity index (χ4n) is 2.90. The van der Waals surface area contributed by atoms with E-state index >= 15 is 0 Å². The van der Waals surface area contributed by atoms with E-state index in [4.69, 9.17) is 0 Å². The highest BCUT2D eigenvalue weighted by molar-refractivity contribution is 7.13. The van der Waals surface area contributed by atoms with E-state index in [1.54, 1.807) is 0 Å². The van der Waals surface area contributed by atoms with Gasteiger partial charge in [-0.1, -0.05) is 43.2 Å². The minimum absolute atomic E-state index is 0.00867. The second-order valence-corrected chi connectivity index (χ2v) is 6.94. The van der Waals surface area contributed by atoms with Crippen LogP contribution in [0.25, 0.3) is 0 Å². The highest BCUT2D eigenvalue weighted by Crippen LogP contribution is 2.19. The van der Waals surface area contributed by atoms with Crippen molar-refractivity contribution in [1.82, 2.24) is 10.3 Å². The standard InChI is InChI=1S/C18H21N3O2S/c22-16(10-13-6-2-1-3-7-13)21-18-20-15(12-24-18)11-17(23)19-14-8-4-5-9-14/h1-3,6-7,12,14H,4-5,8-11H2,(H,19,23)(H,20,21,22). The first kappa shape index (κ1) is 16.6. The van der Waals surface area contributed by atoms with Crippen LogP contribution in [0.1, 0.15) is 36.9 Å². The number of hydrogen-bond acceptors (Lipinski definition) is 4. The average molecular weight is 343 g/mol. The molecule has 2 amide bonds. The molecule has 0 aliphatic heterocycles. The van der Waals surface area contributed by atoms with Gasteiger partial charge < -0.3 is 10.6 Å². The summed E-state index contributed by atoms with van der Waals surface area (Å²) in [6.45, 7) is 0. The largest absolute Gasteiger partial charge is 0.353 e. The van der Waals surface area contributed by atoms with Crippen molar-refractivity contribution in [1.29, 1.82) is 0 Å². The van der Waals surface area contributed by atoms with Crippen LogP contribution in [0.4, 0.5) is 5.13 Å². The van der Waals surface area contributed by atoms with Gasteiger partial charge >= 0.3 is 0 Å². The van der Waals surface area contributed by atoms with Gasteiger partial charge in [-0.25, -0.2) is 4.98 Å². The molecular formula is C18H21N3O2S. The van der Waals surface area contributed by atoms with Gasteiger partial charge in [0.05, 0.1) is 18.5 Å². The molecule has 1 aromatic heterocycles. The zero-order chi connectivity index (χ0) is 16.8. The lowest BCUT2D eigenvalue weighted by Gasteiger charge is -2.10. The quantitative estimate of drug-likeness (QED) is 0.847. The van der Waals surface area contributed by atoms with Crippen molar-refractivity contribution in [2.45, 2.75) is 44.6 Å². The van der Waals surface area contributed by atoms with Crippen molar-refractivity contribution in [3.05, 3.63) is 47.0 Å². The fourth-order valence-corrected chi connectivity index (χ4v) is 3.63. The monoisotopic (exact) mass is 343 g/mol. The van der Waals surface area contributed by atoms with E-state index in [0.717, 1.165) is 18.4 Å². The summed E-state index contributed by atoms with van der Waals surface area (Å²) in [4.78, 5) is 28.4. The van der Waals surface area contributed by atoms with Gasteiger partial charge in [-0.15, -0.1) is 11.3 Å². The zero-order valence-corrected chi connectivity index (χ0v) is 14.3. The second kappa shape index (κ2) is 8.06. The molecule has 1 saturated carbocycles. The van der Waals surface area contributed by atoms with Gasteiger partial charge in [0.15, 0.2) is 5.13 Å². The van der Waals surface area contributed by atoms with E-state index in [1.807, 2.05) is 35.7 Å². The van der Waals surface area contributed by atoms with Gasteiger partial charge in [0.25, 0.3) is 0 Å². The molecule has 5 nitrogen and oxygen atoms in total. The Hall–Kier alpha value is -2.21. The van der Waals surface area contributed by atoms with Crippen LogP contribution in [0, 0.1) is 0 Å². The molecule has 0 bridgehead atoms. The Kier molecular flexibility index (Phi) is 5.59. The summed E-state index contributed by atoms with van der Waals surface area (Å²) in [7, 11) is 0. The molecule has 0 saturated heterocycles. The predicted molar refractivity (Wildman–Crippen MR) is 95.0 cm³/mol. The molecule has 1 aliphatic rings. The summed E-state index contributed by atoms with van der Waals surface area (Å²) in [5.74, 6) is -0.0909. The highest BCUT2D eigenvalue weighted by Gasteiger charge is 2.18. The first-order chi connectivity index (χ1) is 11.7. The number of benzene rings is 1. The first-order valence-corrected chi connectivity index (χ1v) is 9.14. The topological polar surface area (TPSA) is 71.1 Å². The molecule has 6 heteroatoms. The molecule has 24 heavy (non-hydrogen) atoms. The van der Waals surface area contributed by atoms with Crippen molar-refractivity contribution in [3.8, 4) is 0 Å². The molecule has 3 rings (SSSR count). The lowest BCUT2D eigenvalue weighted by Crippen LogP contribution is -2.33. The number of nitrogens with one attached hydrogen (secondary N) is 2. The van der Waals surface area contributed by atoms with Crippen molar-refractivity contribution in [3.63, 3.8) is 0 Å². The zero-order valence-electron chi connectivity index (χ0n) is 13.5. The normalized spacial score (nSPS) is 14.5. The second-order valence-electron chi connectivity index (χ2n) is 6.08. The summed E-state index contributed by atoms with van der Waals surface area (Å²) in [6.07, 6.45) is 5.12. The van der Waals surface area contributed by atoms with Gasteiger partial charge in [-0.3, -0.25) is 9.59 Å². The van der Waals surface area contributed by atoms with E-state index in [2.05, 4.69) is 15.6 Å². The number of anilines is 1. The minimum Gasteiger partial charge on any atom is -0.353 e. The fraction of sp³-hybridized carbons (Fsp3) is 0.389. The smallest absolute Gasteiger partial charge is 0.230 e. The van der Waals surface area contributed by atoms with Crippen LogP contribution in [-0.4, -0.2) is 22.8 Å². The van der Waals surface area contributed by atoms with Crippen molar-refractivity contribution in [2.24, 2.45) is 0 Å². The Bertz CT molecular complexity index is 693. The van der Waals surface area contributed by atoms with Crippen LogP contribution in [0.2, 0.25) is 0 Å². The summed E-state index contributed by atoms with van der Waals surface area (Å²) in [5, 5.41) is 8.21. The third-order valence-electron chi connectivity index (χ3n) is 4.07. The maximum Gasteiger partial charge on any atom is 0.230 e. The highest BCUT2D eigenvalue weighted by atomic mass is 32.1. The SMILES string of the molecule is O=C(Cc1ccccc1)Nc1nc(CC(=O)NC2CCCC2)cs1. The molecular weight excluding hydrogens is 322 g/mol. The van der Waals surface area contributed by atoms with Gasteiger partial charge in [-0.2, -0.15) is 0 Å². The van der Waals surface area contributed by atoms with E-state index in [0.29, 0.717) is 23.3 Å². The molecule has 0 unspecified atom stereocenters. The summed E-state index contributed by atoms with van der Waals surface area (Å²) in [6, 6.07) is 9.90. The molecule has 1 aliphatic carbocycles. The van der Waals surface area contributed by atoms with Crippen LogP contribution in [-0.2, 0) is 22.4 Å². The lowest BCUT2D eigenvalue weighted by atomic mass is 10.1. The average Bonchev–Trinajstić information content (AvgIpc) is 3.20. The third kappa shape index (κ3) is 4.89. The number of hydrogen-bond donors (Lipinski definition) is 2. The van der Waals surface area contributed by atoms with Crippen molar-refractivity contribution in [2.75, 3.05) is 5.32 Å². The maximum absolute atomic E-state index is 12.0. The van der Waals surface area contributed by atoms with E-state index in [1.165, 1.54) is 24.2 Å². The number of amides is 2. The Labute approximate surface area is 145 Å². The van der Waals surface area contributed by atoms with Crippen LogP contribution >= 0.6 is 11.3 Å². The Morgan fingerprint density at radius 2 is 1.83 bits per heavy atom. The molecule has 1 aromatic carbocycles. The van der Waals surface area contributed by atoms with Crippen LogP contribution in [0.3, 0.4) is 0 Å². The van der Waals surface area contributed by atoms with Gasteiger partial charge in [0.2, 0.25) is 11.8 Å². The molecule has 2 aromatic rings. The summed E-state index contributed by atoms with van der Waals surface area (Å²) in [5.41, 5.74) is 1.66. The van der Waals surface area contributed by atoms with Crippen LogP contribution in [0.15, 0.2) is 35.7 Å². The van der Waals surface area contributed by atoms with Crippen molar-refractivity contribution < 1.29 is 9.59 Å². The first-order valence-electron chi connectivity index (χ1n) is 8.26. The molecule has 126 valence electrons. The molecule has 1 heterocycles. The molecule has 1 fully saturated rings. The van der Waals surface area contributed by atoms with Gasteiger partial charge in [0.1, 0.15) is 0 Å². The van der Waals surface area contributed by atoms with Crippen LogP contribution < -0.4 is 10.6 Å². The van der Waals surface area contributed by atoms with E-state index in [-0.39, 0.29) is 18.2 Å². The number of thiazole rings is 1. The van der Waals surface area contributed by atoms with Gasteiger partial charge in [0, 0.05) is 11.4 Å². The molecule has 0 atom stereocenters. The number of carbonyl (C=O) groups is 2. The Balaban J connectivity index is 1.48. The molecule has 2 N–H and O–H groups in total. The number of aromatic nitrogens is 1. The summed E-state index contributed by atoms with van der Waals surface area (Å²) >= 11 is 1.35. The molecule has 0 spiro atoms. The third-order valence-corrected chi connectivity index (χ3v) is 4.87. The molecule has 0 radical (unpaired) electrons. The maximum atomic E-state index is 12.0. The Morgan fingerprint density at radius 3 is 2.58 bits per heavy atom. The Morgan fingerprint density at radius 1 is 1.08 bits per heavy atom. The van der Waals surface area contributed by atoms with E-state index < -0.39 is 0 Å². The number of carbonyl (C=O) groups excluding carboxylic acids is 2. The predicted octanol–water partition coefficient (Wildman–Crippen LogP) is 2.93.